The molecule has 11 heteroatoms. The summed E-state index contributed by atoms with van der Waals surface area (Å²) in [5.41, 5.74) is 2.99. The van der Waals surface area contributed by atoms with E-state index in [0.717, 1.165) is 21.4 Å². The molecule has 8 nitrogen and oxygen atoms in total. The van der Waals surface area contributed by atoms with Crippen molar-refractivity contribution >= 4 is 5.91 Å². The van der Waals surface area contributed by atoms with E-state index in [2.05, 4.69) is 20.4 Å². The first-order valence-electron chi connectivity index (χ1n) is 9.23. The molecule has 0 saturated heterocycles. The number of aromatic amines is 1. The van der Waals surface area contributed by atoms with Crippen LogP contribution in [0, 0.1) is 6.92 Å². The molecule has 158 valence electrons. The van der Waals surface area contributed by atoms with Crippen LogP contribution < -0.4 is 4.74 Å². The van der Waals surface area contributed by atoms with Gasteiger partial charge in [0, 0.05) is 29.9 Å². The Hall–Kier alpha value is -3.37. The zero-order valence-corrected chi connectivity index (χ0v) is 16.3. The second-order valence-electron chi connectivity index (χ2n) is 6.99. The average molecular weight is 420 g/mol. The van der Waals surface area contributed by atoms with Crippen LogP contribution in [-0.4, -0.2) is 49.4 Å². The maximum Gasteiger partial charge on any atom is 0.451 e. The Morgan fingerprint density at radius 3 is 2.60 bits per heavy atom. The number of nitrogens with zero attached hydrogens (tertiary/aromatic N) is 5. The van der Waals surface area contributed by atoms with E-state index < -0.39 is 12.0 Å². The van der Waals surface area contributed by atoms with Gasteiger partial charge in [-0.15, -0.1) is 10.2 Å². The second kappa shape index (κ2) is 7.47. The number of aryl methyl sites for hydroxylation is 1. The highest BCUT2D eigenvalue weighted by molar-refractivity contribution is 5.82. The van der Waals surface area contributed by atoms with E-state index in [1.54, 1.807) is 19.2 Å². The molecule has 1 aliphatic rings. The number of fused-ring (bicyclic) bond motifs is 1. The number of nitrogens with one attached hydrogen (secondary N) is 1. The summed E-state index contributed by atoms with van der Waals surface area (Å²) in [5.74, 6) is -0.408. The summed E-state index contributed by atoms with van der Waals surface area (Å²) in [5, 5.41) is 14.1. The molecule has 0 atom stereocenters. The molecular formula is C19H19F3N6O2. The van der Waals surface area contributed by atoms with E-state index in [-0.39, 0.29) is 37.8 Å². The fraction of sp³-hybridized carbons (Fsp3) is 0.368. The lowest BCUT2D eigenvalue weighted by atomic mass is 10.0. The molecular weight excluding hydrogens is 401 g/mol. The van der Waals surface area contributed by atoms with Gasteiger partial charge in [-0.2, -0.15) is 18.3 Å². The van der Waals surface area contributed by atoms with E-state index in [1.165, 1.54) is 4.90 Å². The highest BCUT2D eigenvalue weighted by atomic mass is 19.4. The van der Waals surface area contributed by atoms with Crippen molar-refractivity contribution in [1.82, 2.24) is 29.9 Å². The number of carbonyl (C=O) groups is 1. The summed E-state index contributed by atoms with van der Waals surface area (Å²) in [6.45, 7) is 1.96. The van der Waals surface area contributed by atoms with Gasteiger partial charge in [0.1, 0.15) is 5.75 Å². The quantitative estimate of drug-likeness (QED) is 0.701. The first kappa shape index (κ1) is 19.9. The van der Waals surface area contributed by atoms with Gasteiger partial charge < -0.3 is 14.2 Å². The number of H-pyrrole nitrogens is 1. The van der Waals surface area contributed by atoms with Crippen LogP contribution in [0.3, 0.4) is 0 Å². The SMILES string of the molecule is COc1ccc(-c2n[nH]c(C)c2CC(=O)N2CCn3c(nnc3C(F)(F)F)C2)cc1. The molecule has 3 aromatic rings. The number of hydrogen-bond donors (Lipinski definition) is 1. The highest BCUT2D eigenvalue weighted by Crippen LogP contribution is 2.30. The van der Waals surface area contributed by atoms with E-state index in [1.807, 2.05) is 19.1 Å². The molecule has 30 heavy (non-hydrogen) atoms. The number of methoxy groups -OCH3 is 1. The van der Waals surface area contributed by atoms with Crippen LogP contribution in [0.1, 0.15) is 22.9 Å². The topological polar surface area (TPSA) is 88.9 Å². The molecule has 1 N–H and O–H groups in total. The van der Waals surface area contributed by atoms with Crippen molar-refractivity contribution in [3.63, 3.8) is 0 Å². The molecule has 0 fully saturated rings. The zero-order valence-electron chi connectivity index (χ0n) is 16.3. The first-order valence-corrected chi connectivity index (χ1v) is 9.23. The standard InChI is InChI=1S/C19H19F3N6O2/c1-11-14(17(25-23-11)12-3-5-13(30-2)6-4-12)9-16(29)27-7-8-28-15(10-27)24-26-18(28)19(20,21)22/h3-6H,7-10H2,1-2H3,(H,23,25). The van der Waals surface area contributed by atoms with E-state index in [0.29, 0.717) is 11.4 Å². The van der Waals surface area contributed by atoms with Gasteiger partial charge in [-0.1, -0.05) is 0 Å². The summed E-state index contributed by atoms with van der Waals surface area (Å²) >= 11 is 0. The van der Waals surface area contributed by atoms with Crippen molar-refractivity contribution in [2.24, 2.45) is 0 Å². The average Bonchev–Trinajstić information content (AvgIpc) is 3.31. The Morgan fingerprint density at radius 2 is 1.93 bits per heavy atom. The lowest BCUT2D eigenvalue weighted by Gasteiger charge is -2.28. The molecule has 0 spiro atoms. The molecule has 0 bridgehead atoms. The van der Waals surface area contributed by atoms with E-state index in [4.69, 9.17) is 4.74 Å². The molecule has 3 heterocycles. The summed E-state index contributed by atoms with van der Waals surface area (Å²) in [6, 6.07) is 7.32. The van der Waals surface area contributed by atoms with Gasteiger partial charge in [0.05, 0.1) is 25.8 Å². The number of alkyl halides is 3. The van der Waals surface area contributed by atoms with Crippen LogP contribution in [0.5, 0.6) is 5.75 Å². The maximum absolute atomic E-state index is 13.0. The summed E-state index contributed by atoms with van der Waals surface area (Å²) in [6.07, 6.45) is -4.50. The van der Waals surface area contributed by atoms with Gasteiger partial charge >= 0.3 is 6.18 Å². The van der Waals surface area contributed by atoms with Crippen molar-refractivity contribution < 1.29 is 22.7 Å². The van der Waals surface area contributed by atoms with Crippen molar-refractivity contribution in [3.8, 4) is 17.0 Å². The summed E-state index contributed by atoms with van der Waals surface area (Å²) < 4.78 is 45.2. The fourth-order valence-electron chi connectivity index (χ4n) is 3.50. The zero-order chi connectivity index (χ0) is 21.5. The maximum atomic E-state index is 13.0. The van der Waals surface area contributed by atoms with E-state index >= 15 is 0 Å². The van der Waals surface area contributed by atoms with Crippen LogP contribution in [0.4, 0.5) is 13.2 Å². The van der Waals surface area contributed by atoms with Crippen molar-refractivity contribution in [1.29, 1.82) is 0 Å². The number of halogens is 3. The predicted molar refractivity (Wildman–Crippen MR) is 99.5 cm³/mol. The molecule has 0 saturated carbocycles. The molecule has 1 amide bonds. The van der Waals surface area contributed by atoms with Gasteiger partial charge in [0.25, 0.3) is 0 Å². The smallest absolute Gasteiger partial charge is 0.451 e. The predicted octanol–water partition coefficient (Wildman–Crippen LogP) is 2.59. The van der Waals surface area contributed by atoms with Crippen molar-refractivity contribution in [2.45, 2.75) is 32.6 Å². The lowest BCUT2D eigenvalue weighted by Crippen LogP contribution is -2.40. The number of benzene rings is 1. The Morgan fingerprint density at radius 1 is 1.20 bits per heavy atom. The second-order valence-corrected chi connectivity index (χ2v) is 6.99. The highest BCUT2D eigenvalue weighted by Gasteiger charge is 2.40. The Kier molecular flexibility index (Phi) is 4.96. The molecule has 4 rings (SSSR count). The van der Waals surface area contributed by atoms with Crippen LogP contribution >= 0.6 is 0 Å². The largest absolute Gasteiger partial charge is 0.497 e. The fourth-order valence-corrected chi connectivity index (χ4v) is 3.50. The molecule has 0 aliphatic carbocycles. The summed E-state index contributed by atoms with van der Waals surface area (Å²) in [7, 11) is 1.58. The normalized spacial score (nSPS) is 14.0. The Labute approximate surface area is 169 Å². The van der Waals surface area contributed by atoms with Crippen LogP contribution in [0.2, 0.25) is 0 Å². The number of rotatable bonds is 4. The molecule has 1 aromatic carbocycles. The number of hydrogen-bond acceptors (Lipinski definition) is 5. The first-order chi connectivity index (χ1) is 14.3. The van der Waals surface area contributed by atoms with E-state index in [9.17, 15) is 18.0 Å². The number of carbonyl (C=O) groups excluding carboxylic acids is 1. The Bertz CT molecular complexity index is 1070. The van der Waals surface area contributed by atoms with Crippen molar-refractivity contribution in [2.75, 3.05) is 13.7 Å². The van der Waals surface area contributed by atoms with Gasteiger partial charge in [-0.3, -0.25) is 9.89 Å². The third-order valence-electron chi connectivity index (χ3n) is 5.12. The van der Waals surface area contributed by atoms with Crippen LogP contribution in [0.15, 0.2) is 24.3 Å². The minimum absolute atomic E-state index is 0.00137. The van der Waals surface area contributed by atoms with Gasteiger partial charge in [0.15, 0.2) is 5.82 Å². The van der Waals surface area contributed by atoms with Crippen molar-refractivity contribution in [3.05, 3.63) is 47.2 Å². The molecule has 0 unspecified atom stereocenters. The van der Waals surface area contributed by atoms with Crippen LogP contribution in [-0.2, 0) is 30.5 Å². The summed E-state index contributed by atoms with van der Waals surface area (Å²) in [4.78, 5) is 14.4. The molecule has 2 aromatic heterocycles. The third kappa shape index (κ3) is 3.62. The Balaban J connectivity index is 1.52. The van der Waals surface area contributed by atoms with Crippen LogP contribution in [0.25, 0.3) is 11.3 Å². The lowest BCUT2D eigenvalue weighted by molar-refractivity contribution is -0.148. The minimum atomic E-state index is -4.57. The molecule has 1 aliphatic heterocycles. The monoisotopic (exact) mass is 420 g/mol. The number of amides is 1. The minimum Gasteiger partial charge on any atom is -0.497 e. The number of aromatic nitrogens is 5. The van der Waals surface area contributed by atoms with Gasteiger partial charge in [-0.25, -0.2) is 0 Å². The third-order valence-corrected chi connectivity index (χ3v) is 5.12. The van der Waals surface area contributed by atoms with Gasteiger partial charge in [0.2, 0.25) is 11.7 Å². The number of ether oxygens (including phenoxy) is 1. The molecule has 0 radical (unpaired) electrons. The van der Waals surface area contributed by atoms with Gasteiger partial charge in [-0.05, 0) is 31.2 Å².